The summed E-state index contributed by atoms with van der Waals surface area (Å²) in [6.45, 7) is 13.8. The van der Waals surface area contributed by atoms with Crippen LogP contribution in [0.3, 0.4) is 0 Å². The maximum absolute atomic E-state index is 5.86. The highest BCUT2D eigenvalue weighted by Crippen LogP contribution is 2.11. The first-order chi connectivity index (χ1) is 8.04. The zero-order valence-corrected chi connectivity index (χ0v) is 12.4. The zero-order chi connectivity index (χ0) is 12.8. The van der Waals surface area contributed by atoms with Crippen molar-refractivity contribution in [1.29, 1.82) is 0 Å². The SMILES string of the molecule is CC(C)N(CCCl)CC1CN(C(C)C)CCO1. The Labute approximate surface area is 111 Å². The van der Waals surface area contributed by atoms with Crippen molar-refractivity contribution in [2.75, 3.05) is 38.7 Å². The maximum atomic E-state index is 5.86. The third-order valence-corrected chi connectivity index (χ3v) is 3.61. The summed E-state index contributed by atoms with van der Waals surface area (Å²) in [4.78, 5) is 4.90. The van der Waals surface area contributed by atoms with Gasteiger partial charge in [-0.3, -0.25) is 9.80 Å². The van der Waals surface area contributed by atoms with Gasteiger partial charge in [-0.05, 0) is 27.7 Å². The van der Waals surface area contributed by atoms with Crippen LogP contribution in [0.2, 0.25) is 0 Å². The standard InChI is InChI=1S/C13H27ClN2O/c1-11(2)15(6-5-14)9-13-10-16(12(3)4)7-8-17-13/h11-13H,5-10H2,1-4H3. The van der Waals surface area contributed by atoms with Crippen molar-refractivity contribution in [2.24, 2.45) is 0 Å². The molecular formula is C13H27ClN2O. The molecule has 1 unspecified atom stereocenters. The van der Waals surface area contributed by atoms with Gasteiger partial charge in [0.05, 0.1) is 12.7 Å². The molecule has 102 valence electrons. The first kappa shape index (κ1) is 15.2. The minimum absolute atomic E-state index is 0.330. The van der Waals surface area contributed by atoms with Gasteiger partial charge >= 0.3 is 0 Å². The number of nitrogens with zero attached hydrogens (tertiary/aromatic N) is 2. The van der Waals surface area contributed by atoms with E-state index < -0.39 is 0 Å². The van der Waals surface area contributed by atoms with E-state index in [-0.39, 0.29) is 0 Å². The van der Waals surface area contributed by atoms with Crippen LogP contribution in [0.25, 0.3) is 0 Å². The van der Waals surface area contributed by atoms with E-state index in [1.54, 1.807) is 0 Å². The smallest absolute Gasteiger partial charge is 0.0829 e. The Morgan fingerprint density at radius 3 is 2.59 bits per heavy atom. The number of alkyl halides is 1. The van der Waals surface area contributed by atoms with Gasteiger partial charge in [0.1, 0.15) is 0 Å². The van der Waals surface area contributed by atoms with E-state index in [9.17, 15) is 0 Å². The third-order valence-electron chi connectivity index (χ3n) is 3.44. The van der Waals surface area contributed by atoms with Gasteiger partial charge in [-0.1, -0.05) is 0 Å². The van der Waals surface area contributed by atoms with Gasteiger partial charge in [0.15, 0.2) is 0 Å². The first-order valence-corrected chi connectivity index (χ1v) is 7.23. The molecule has 1 atom stereocenters. The average Bonchev–Trinajstić information content (AvgIpc) is 2.28. The molecule has 0 spiro atoms. The number of rotatable bonds is 6. The number of hydrogen-bond donors (Lipinski definition) is 0. The molecule has 17 heavy (non-hydrogen) atoms. The summed E-state index contributed by atoms with van der Waals surface area (Å²) in [5.41, 5.74) is 0. The van der Waals surface area contributed by atoms with Crippen molar-refractivity contribution in [1.82, 2.24) is 9.80 Å². The van der Waals surface area contributed by atoms with E-state index >= 15 is 0 Å². The lowest BCUT2D eigenvalue weighted by Crippen LogP contribution is -2.51. The van der Waals surface area contributed by atoms with Crippen LogP contribution in [0, 0.1) is 0 Å². The summed E-state index contributed by atoms with van der Waals surface area (Å²) in [5, 5.41) is 0. The summed E-state index contributed by atoms with van der Waals surface area (Å²) in [6, 6.07) is 1.15. The molecule has 3 nitrogen and oxygen atoms in total. The molecule has 0 radical (unpaired) electrons. The fourth-order valence-electron chi connectivity index (χ4n) is 2.25. The van der Waals surface area contributed by atoms with Crippen molar-refractivity contribution >= 4 is 11.6 Å². The highest BCUT2D eigenvalue weighted by molar-refractivity contribution is 6.18. The highest BCUT2D eigenvalue weighted by atomic mass is 35.5. The Balaban J connectivity index is 2.43. The highest BCUT2D eigenvalue weighted by Gasteiger charge is 2.24. The zero-order valence-electron chi connectivity index (χ0n) is 11.7. The molecule has 1 fully saturated rings. The van der Waals surface area contributed by atoms with E-state index in [4.69, 9.17) is 16.3 Å². The van der Waals surface area contributed by atoms with Crippen LogP contribution in [-0.4, -0.2) is 66.7 Å². The predicted molar refractivity (Wildman–Crippen MR) is 73.9 cm³/mol. The summed E-state index contributed by atoms with van der Waals surface area (Å²) < 4.78 is 5.86. The van der Waals surface area contributed by atoms with Gasteiger partial charge in [-0.2, -0.15) is 0 Å². The van der Waals surface area contributed by atoms with Crippen LogP contribution in [0.1, 0.15) is 27.7 Å². The van der Waals surface area contributed by atoms with Crippen LogP contribution in [0.4, 0.5) is 0 Å². The van der Waals surface area contributed by atoms with Crippen molar-refractivity contribution in [3.8, 4) is 0 Å². The molecule has 1 heterocycles. The Morgan fingerprint density at radius 2 is 2.06 bits per heavy atom. The van der Waals surface area contributed by atoms with Crippen molar-refractivity contribution < 1.29 is 4.74 Å². The number of morpholine rings is 1. The Bertz CT molecular complexity index is 212. The van der Waals surface area contributed by atoms with Crippen LogP contribution in [0.5, 0.6) is 0 Å². The lowest BCUT2D eigenvalue weighted by Gasteiger charge is -2.38. The van der Waals surface area contributed by atoms with Crippen LogP contribution < -0.4 is 0 Å². The molecule has 1 rings (SSSR count). The summed E-state index contributed by atoms with van der Waals surface area (Å²) in [7, 11) is 0. The molecule has 1 aliphatic rings. The van der Waals surface area contributed by atoms with Crippen molar-refractivity contribution in [3.05, 3.63) is 0 Å². The molecule has 0 aromatic carbocycles. The monoisotopic (exact) mass is 262 g/mol. The molecule has 0 saturated carbocycles. The van der Waals surface area contributed by atoms with Gasteiger partial charge < -0.3 is 4.74 Å². The van der Waals surface area contributed by atoms with E-state index in [0.717, 1.165) is 32.8 Å². The van der Waals surface area contributed by atoms with Gasteiger partial charge in [-0.15, -0.1) is 11.6 Å². The van der Waals surface area contributed by atoms with E-state index in [1.807, 2.05) is 0 Å². The third kappa shape index (κ3) is 5.12. The molecule has 0 aromatic rings. The Morgan fingerprint density at radius 1 is 1.35 bits per heavy atom. The lowest BCUT2D eigenvalue weighted by molar-refractivity contribution is -0.0546. The normalized spacial score (nSPS) is 22.9. The molecule has 0 amide bonds. The van der Waals surface area contributed by atoms with E-state index in [2.05, 4.69) is 37.5 Å². The predicted octanol–water partition coefficient (Wildman–Crippen LogP) is 2.04. The number of ether oxygens (including phenoxy) is 1. The van der Waals surface area contributed by atoms with Gasteiger partial charge in [-0.25, -0.2) is 0 Å². The Hall–Kier alpha value is 0.170. The Kier molecular flexibility index (Phi) is 6.78. The average molecular weight is 263 g/mol. The summed E-state index contributed by atoms with van der Waals surface area (Å²) in [5.74, 6) is 0.693. The van der Waals surface area contributed by atoms with Gasteiger partial charge in [0.25, 0.3) is 0 Å². The second kappa shape index (κ2) is 7.57. The number of halogens is 1. The summed E-state index contributed by atoms with van der Waals surface area (Å²) in [6.07, 6.45) is 0.330. The molecule has 0 aliphatic carbocycles. The van der Waals surface area contributed by atoms with Crippen LogP contribution in [0.15, 0.2) is 0 Å². The minimum atomic E-state index is 0.330. The molecule has 1 saturated heterocycles. The first-order valence-electron chi connectivity index (χ1n) is 6.70. The van der Waals surface area contributed by atoms with Crippen LogP contribution >= 0.6 is 11.6 Å². The maximum Gasteiger partial charge on any atom is 0.0829 e. The van der Waals surface area contributed by atoms with Crippen molar-refractivity contribution in [2.45, 2.75) is 45.9 Å². The lowest BCUT2D eigenvalue weighted by atomic mass is 10.2. The molecule has 0 aromatic heterocycles. The molecular weight excluding hydrogens is 236 g/mol. The quantitative estimate of drug-likeness (QED) is 0.682. The molecule has 0 N–H and O–H groups in total. The second-order valence-electron chi connectivity index (χ2n) is 5.36. The van der Waals surface area contributed by atoms with Crippen molar-refractivity contribution in [3.63, 3.8) is 0 Å². The second-order valence-corrected chi connectivity index (χ2v) is 5.74. The summed E-state index contributed by atoms with van der Waals surface area (Å²) >= 11 is 5.84. The molecule has 0 bridgehead atoms. The van der Waals surface area contributed by atoms with E-state index in [0.29, 0.717) is 24.1 Å². The largest absolute Gasteiger partial charge is 0.374 e. The topological polar surface area (TPSA) is 15.7 Å². The number of hydrogen-bond acceptors (Lipinski definition) is 3. The minimum Gasteiger partial charge on any atom is -0.374 e. The molecule has 4 heteroatoms. The van der Waals surface area contributed by atoms with E-state index in [1.165, 1.54) is 0 Å². The van der Waals surface area contributed by atoms with Gasteiger partial charge in [0.2, 0.25) is 0 Å². The van der Waals surface area contributed by atoms with Crippen LogP contribution in [-0.2, 0) is 4.74 Å². The fourth-order valence-corrected chi connectivity index (χ4v) is 2.47. The van der Waals surface area contributed by atoms with Gasteiger partial charge in [0, 0.05) is 44.1 Å². The molecule has 1 aliphatic heterocycles. The fraction of sp³-hybridized carbons (Fsp3) is 1.00.